The zero-order valence-corrected chi connectivity index (χ0v) is 13.8. The van der Waals surface area contributed by atoms with Gasteiger partial charge in [-0.3, -0.25) is 0 Å². The van der Waals surface area contributed by atoms with Crippen LogP contribution in [0.1, 0.15) is 51.1 Å². The molecule has 3 fully saturated rings. The van der Waals surface area contributed by atoms with E-state index in [0.29, 0.717) is 5.41 Å². The van der Waals surface area contributed by atoms with Gasteiger partial charge in [0.1, 0.15) is 0 Å². The Balaban J connectivity index is 0.00000135. The van der Waals surface area contributed by atoms with Crippen LogP contribution < -0.4 is 5.32 Å². The van der Waals surface area contributed by atoms with Crippen molar-refractivity contribution < 1.29 is 1.43 Å². The summed E-state index contributed by atoms with van der Waals surface area (Å²) in [5.41, 5.74) is 4.85. The number of piperidine rings is 1. The summed E-state index contributed by atoms with van der Waals surface area (Å²) < 4.78 is 0. The molecule has 1 spiro atoms. The number of nitrogens with zero attached hydrogens (tertiary/aromatic N) is 1. The Morgan fingerprint density at radius 3 is 2.77 bits per heavy atom. The van der Waals surface area contributed by atoms with Crippen molar-refractivity contribution >= 4 is 5.69 Å². The highest BCUT2D eigenvalue weighted by atomic mass is 15.2. The van der Waals surface area contributed by atoms with E-state index in [1.54, 1.807) is 5.56 Å². The molecule has 2 aliphatic carbocycles. The fourth-order valence-corrected chi connectivity index (χ4v) is 6.00. The number of likely N-dealkylation sites (tertiary alicyclic amines) is 1. The summed E-state index contributed by atoms with van der Waals surface area (Å²) in [7, 11) is 0. The molecule has 0 amide bonds. The third-order valence-corrected chi connectivity index (χ3v) is 7.29. The molecular formula is C20H30N2. The van der Waals surface area contributed by atoms with Crippen molar-refractivity contribution in [3.63, 3.8) is 0 Å². The molecule has 2 heterocycles. The predicted molar refractivity (Wildman–Crippen MR) is 93.5 cm³/mol. The molecule has 5 rings (SSSR count). The van der Waals surface area contributed by atoms with Gasteiger partial charge in [0.05, 0.1) is 0 Å². The van der Waals surface area contributed by atoms with Crippen LogP contribution in [0, 0.1) is 18.8 Å². The van der Waals surface area contributed by atoms with E-state index in [1.165, 1.54) is 62.9 Å². The van der Waals surface area contributed by atoms with Crippen molar-refractivity contribution in [3.8, 4) is 0 Å². The van der Waals surface area contributed by atoms with Crippen LogP contribution in [0.3, 0.4) is 0 Å². The first-order valence-corrected chi connectivity index (χ1v) is 9.33. The maximum absolute atomic E-state index is 3.68. The second-order valence-corrected chi connectivity index (χ2v) is 8.46. The molecule has 1 aromatic rings. The Morgan fingerprint density at radius 1 is 1.18 bits per heavy atom. The third-order valence-electron chi connectivity index (χ3n) is 7.29. The van der Waals surface area contributed by atoms with E-state index < -0.39 is 0 Å². The lowest BCUT2D eigenvalue weighted by Gasteiger charge is -2.44. The number of hydrogen-bond donors (Lipinski definition) is 1. The monoisotopic (exact) mass is 298 g/mol. The molecule has 1 N–H and O–H groups in total. The van der Waals surface area contributed by atoms with Crippen molar-refractivity contribution in [1.29, 1.82) is 0 Å². The standard InChI is InChI=1S/C20H28N2.H2/c1-14-2-5-18-17(10-14)20(13-21-18)6-8-22(9-7-20)19-12-15-3-4-16(19)11-15;/h2,5,10,15-16,19,21H,3-4,6-9,11-13H2,1H3;1H/t15-,16-,19-;/m1./s1. The SMILES string of the molecule is Cc1ccc2c(c1)C1(CCN([C@@H]3C[C@@H]4CC[C@@H]3C4)CC1)CN2.[HH]. The number of benzene rings is 1. The molecule has 2 heteroatoms. The van der Waals surface area contributed by atoms with Gasteiger partial charge in [-0.2, -0.15) is 0 Å². The molecule has 22 heavy (non-hydrogen) atoms. The van der Waals surface area contributed by atoms with Gasteiger partial charge >= 0.3 is 0 Å². The number of rotatable bonds is 1. The van der Waals surface area contributed by atoms with Crippen LogP contribution in [0.15, 0.2) is 18.2 Å². The van der Waals surface area contributed by atoms with Crippen molar-refractivity contribution in [3.05, 3.63) is 29.3 Å². The van der Waals surface area contributed by atoms with E-state index in [1.807, 2.05) is 0 Å². The van der Waals surface area contributed by atoms with Crippen LogP contribution in [0.5, 0.6) is 0 Å². The van der Waals surface area contributed by atoms with Gasteiger partial charge in [0, 0.05) is 25.1 Å². The molecule has 0 unspecified atom stereocenters. The molecule has 0 radical (unpaired) electrons. The number of hydrogen-bond acceptors (Lipinski definition) is 2. The summed E-state index contributed by atoms with van der Waals surface area (Å²) in [6.07, 6.45) is 8.78. The van der Waals surface area contributed by atoms with Crippen molar-refractivity contribution in [2.45, 2.75) is 56.9 Å². The average molecular weight is 298 g/mol. The molecule has 0 aromatic heterocycles. The van der Waals surface area contributed by atoms with Crippen LogP contribution in [-0.4, -0.2) is 30.6 Å². The van der Waals surface area contributed by atoms with E-state index >= 15 is 0 Å². The molecule has 4 aliphatic rings. The molecule has 2 bridgehead atoms. The smallest absolute Gasteiger partial charge is 0.0379 e. The summed E-state index contributed by atoms with van der Waals surface area (Å²) in [6, 6.07) is 7.92. The van der Waals surface area contributed by atoms with E-state index in [9.17, 15) is 0 Å². The lowest BCUT2D eigenvalue weighted by Crippen LogP contribution is -2.49. The summed E-state index contributed by atoms with van der Waals surface area (Å²) in [6.45, 7) is 6.04. The highest BCUT2D eigenvalue weighted by molar-refractivity contribution is 5.61. The predicted octanol–water partition coefficient (Wildman–Crippen LogP) is 4.19. The van der Waals surface area contributed by atoms with Gasteiger partial charge in [0.25, 0.3) is 0 Å². The zero-order valence-electron chi connectivity index (χ0n) is 13.8. The van der Waals surface area contributed by atoms with Crippen LogP contribution in [0.4, 0.5) is 5.69 Å². The quantitative estimate of drug-likeness (QED) is 0.836. The maximum Gasteiger partial charge on any atom is 0.0379 e. The van der Waals surface area contributed by atoms with E-state index in [0.717, 1.165) is 24.4 Å². The van der Waals surface area contributed by atoms with Crippen molar-refractivity contribution in [2.75, 3.05) is 25.0 Å². The Labute approximate surface area is 135 Å². The van der Waals surface area contributed by atoms with Crippen LogP contribution in [0.2, 0.25) is 0 Å². The highest BCUT2D eigenvalue weighted by Gasteiger charge is 2.46. The van der Waals surface area contributed by atoms with E-state index in [4.69, 9.17) is 0 Å². The first-order chi connectivity index (χ1) is 10.7. The fraction of sp³-hybridized carbons (Fsp3) is 0.700. The molecular weight excluding hydrogens is 268 g/mol. The topological polar surface area (TPSA) is 15.3 Å². The van der Waals surface area contributed by atoms with Crippen LogP contribution in [-0.2, 0) is 5.41 Å². The second kappa shape index (κ2) is 4.74. The minimum absolute atomic E-state index is 0. The van der Waals surface area contributed by atoms with Gasteiger partial charge in [0.2, 0.25) is 0 Å². The minimum Gasteiger partial charge on any atom is -0.384 e. The van der Waals surface area contributed by atoms with Crippen molar-refractivity contribution in [2.24, 2.45) is 11.8 Å². The zero-order chi connectivity index (χ0) is 14.7. The van der Waals surface area contributed by atoms with E-state index in [2.05, 4.69) is 35.3 Å². The fourth-order valence-electron chi connectivity index (χ4n) is 6.00. The van der Waals surface area contributed by atoms with Gasteiger partial charge in [-0.05, 0) is 75.6 Å². The summed E-state index contributed by atoms with van der Waals surface area (Å²) in [4.78, 5) is 2.86. The van der Waals surface area contributed by atoms with Crippen LogP contribution in [0.25, 0.3) is 0 Å². The summed E-state index contributed by atoms with van der Waals surface area (Å²) in [5, 5.41) is 3.68. The third kappa shape index (κ3) is 1.89. The number of nitrogens with one attached hydrogen (secondary N) is 1. The Morgan fingerprint density at radius 2 is 2.05 bits per heavy atom. The second-order valence-electron chi connectivity index (χ2n) is 8.46. The van der Waals surface area contributed by atoms with Gasteiger partial charge < -0.3 is 10.2 Å². The normalized spacial score (nSPS) is 35.8. The van der Waals surface area contributed by atoms with Crippen LogP contribution >= 0.6 is 0 Å². The van der Waals surface area contributed by atoms with E-state index in [-0.39, 0.29) is 1.43 Å². The summed E-state index contributed by atoms with van der Waals surface area (Å²) in [5.74, 6) is 2.11. The first kappa shape index (κ1) is 13.4. The summed E-state index contributed by atoms with van der Waals surface area (Å²) >= 11 is 0. The largest absolute Gasteiger partial charge is 0.384 e. The molecule has 3 atom stereocenters. The molecule has 1 saturated heterocycles. The Hall–Kier alpha value is -1.02. The van der Waals surface area contributed by atoms with Gasteiger partial charge in [0.15, 0.2) is 0 Å². The Kier molecular flexibility index (Phi) is 2.89. The van der Waals surface area contributed by atoms with Gasteiger partial charge in [-0.1, -0.05) is 24.1 Å². The minimum atomic E-state index is 0. The number of fused-ring (bicyclic) bond motifs is 4. The lowest BCUT2D eigenvalue weighted by molar-refractivity contribution is 0.0887. The average Bonchev–Trinajstić information content (AvgIpc) is 3.24. The van der Waals surface area contributed by atoms with Crippen molar-refractivity contribution in [1.82, 2.24) is 4.90 Å². The molecule has 120 valence electrons. The molecule has 1 aromatic carbocycles. The molecule has 2 aliphatic heterocycles. The Bertz CT molecular complexity index is 591. The maximum atomic E-state index is 3.68. The number of aryl methyl sites for hydroxylation is 1. The number of anilines is 1. The lowest BCUT2D eigenvalue weighted by atomic mass is 9.73. The van der Waals surface area contributed by atoms with Gasteiger partial charge in [-0.15, -0.1) is 0 Å². The van der Waals surface area contributed by atoms with Gasteiger partial charge in [-0.25, -0.2) is 0 Å². The first-order valence-electron chi connectivity index (χ1n) is 9.33. The molecule has 2 saturated carbocycles. The highest BCUT2D eigenvalue weighted by Crippen LogP contribution is 2.49. The molecule has 2 nitrogen and oxygen atoms in total.